The molecule has 4 rings (SSSR count). The highest BCUT2D eigenvalue weighted by Crippen LogP contribution is 2.24. The maximum absolute atomic E-state index is 12.7. The summed E-state index contributed by atoms with van der Waals surface area (Å²) in [5.74, 6) is 0.136. The van der Waals surface area contributed by atoms with E-state index in [4.69, 9.17) is 4.42 Å². The number of para-hydroxylation sites is 1. The Morgan fingerprint density at radius 3 is 2.70 bits per heavy atom. The maximum atomic E-state index is 12.7. The van der Waals surface area contributed by atoms with Crippen molar-refractivity contribution in [3.63, 3.8) is 0 Å². The van der Waals surface area contributed by atoms with Crippen molar-refractivity contribution in [3.05, 3.63) is 89.1 Å². The van der Waals surface area contributed by atoms with Gasteiger partial charge in [-0.2, -0.15) is 0 Å². The Balaban J connectivity index is 1.44. The number of hydrogen-bond donors (Lipinski definition) is 2. The first kappa shape index (κ1) is 19.6. The first-order valence-electron chi connectivity index (χ1n) is 9.33. The van der Waals surface area contributed by atoms with Crippen molar-refractivity contribution < 1.29 is 14.0 Å². The van der Waals surface area contributed by atoms with Gasteiger partial charge in [0.15, 0.2) is 10.8 Å². The predicted octanol–water partition coefficient (Wildman–Crippen LogP) is 5.15. The normalized spacial score (nSPS) is 10.6. The molecule has 4 aromatic rings. The zero-order chi connectivity index (χ0) is 20.9. The first-order valence-corrected chi connectivity index (χ1v) is 10.2. The molecule has 0 aliphatic carbocycles. The largest absolute Gasteiger partial charge is 0.462 e. The smallest absolute Gasteiger partial charge is 0.257 e. The van der Waals surface area contributed by atoms with Crippen molar-refractivity contribution >= 4 is 34.5 Å². The van der Waals surface area contributed by atoms with E-state index in [9.17, 15) is 9.59 Å². The van der Waals surface area contributed by atoms with Crippen LogP contribution in [0.15, 0.2) is 76.7 Å². The number of rotatable bonds is 6. The monoisotopic (exact) mass is 417 g/mol. The summed E-state index contributed by atoms with van der Waals surface area (Å²) in [4.78, 5) is 29.7. The van der Waals surface area contributed by atoms with Gasteiger partial charge in [0.2, 0.25) is 5.91 Å². The van der Waals surface area contributed by atoms with E-state index in [0.29, 0.717) is 28.4 Å². The molecule has 150 valence electrons. The Kier molecular flexibility index (Phi) is 5.72. The second-order valence-corrected chi connectivity index (χ2v) is 7.57. The van der Waals surface area contributed by atoms with E-state index in [-0.39, 0.29) is 18.2 Å². The molecule has 6 nitrogen and oxygen atoms in total. The fourth-order valence-electron chi connectivity index (χ4n) is 2.97. The summed E-state index contributed by atoms with van der Waals surface area (Å²) in [5.41, 5.74) is 3.24. The lowest BCUT2D eigenvalue weighted by Crippen LogP contribution is -2.19. The summed E-state index contributed by atoms with van der Waals surface area (Å²) in [5, 5.41) is 8.24. The number of furan rings is 1. The molecule has 30 heavy (non-hydrogen) atoms. The molecular formula is C23H19N3O3S. The minimum atomic E-state index is -0.287. The molecule has 0 aliphatic heterocycles. The Morgan fingerprint density at radius 2 is 1.90 bits per heavy atom. The lowest BCUT2D eigenvalue weighted by atomic mass is 10.1. The van der Waals surface area contributed by atoms with Gasteiger partial charge in [0.05, 0.1) is 29.6 Å². The van der Waals surface area contributed by atoms with E-state index in [1.54, 1.807) is 36.6 Å². The van der Waals surface area contributed by atoms with E-state index < -0.39 is 0 Å². The molecule has 0 unspecified atom stereocenters. The van der Waals surface area contributed by atoms with Crippen LogP contribution in [0.25, 0.3) is 10.8 Å². The molecule has 2 heterocycles. The Hall–Kier alpha value is -3.71. The van der Waals surface area contributed by atoms with Gasteiger partial charge in [-0.3, -0.25) is 9.59 Å². The average Bonchev–Trinajstić information content (AvgIpc) is 3.40. The van der Waals surface area contributed by atoms with Crippen molar-refractivity contribution in [2.75, 3.05) is 10.6 Å². The lowest BCUT2D eigenvalue weighted by molar-refractivity contribution is -0.115. The number of anilines is 2. The molecule has 0 fully saturated rings. The topological polar surface area (TPSA) is 84.2 Å². The number of nitrogens with one attached hydrogen (secondary N) is 2. The molecule has 0 saturated carbocycles. The van der Waals surface area contributed by atoms with Crippen molar-refractivity contribution in [3.8, 4) is 10.8 Å². The van der Waals surface area contributed by atoms with Gasteiger partial charge in [-0.15, -0.1) is 11.3 Å². The lowest BCUT2D eigenvalue weighted by Gasteiger charge is -2.11. The molecule has 0 spiro atoms. The number of thiazole rings is 1. The minimum Gasteiger partial charge on any atom is -0.462 e. The SMILES string of the molecule is Cc1cccc(NC(=O)c2ccccc2NC(=O)Cc2csc(-c3ccco3)n2)c1. The molecule has 0 saturated heterocycles. The van der Waals surface area contributed by atoms with Gasteiger partial charge in [0.25, 0.3) is 5.91 Å². The van der Waals surface area contributed by atoms with E-state index in [2.05, 4.69) is 15.6 Å². The molecule has 2 N–H and O–H groups in total. The molecule has 0 aliphatic rings. The van der Waals surface area contributed by atoms with Gasteiger partial charge < -0.3 is 15.1 Å². The third kappa shape index (κ3) is 4.64. The number of aryl methyl sites for hydroxylation is 1. The van der Waals surface area contributed by atoms with E-state index in [1.165, 1.54) is 11.3 Å². The number of hydrogen-bond acceptors (Lipinski definition) is 5. The summed E-state index contributed by atoms with van der Waals surface area (Å²) in [6.45, 7) is 1.96. The third-order valence-electron chi connectivity index (χ3n) is 4.35. The van der Waals surface area contributed by atoms with Crippen LogP contribution in [0.3, 0.4) is 0 Å². The summed E-state index contributed by atoms with van der Waals surface area (Å²) >= 11 is 1.42. The molecule has 7 heteroatoms. The molecule has 2 aromatic heterocycles. The van der Waals surface area contributed by atoms with Gasteiger partial charge in [0, 0.05) is 11.1 Å². The average molecular weight is 417 g/mol. The van der Waals surface area contributed by atoms with Gasteiger partial charge >= 0.3 is 0 Å². The van der Waals surface area contributed by atoms with Crippen LogP contribution in [-0.2, 0) is 11.2 Å². The Labute approximate surface area is 177 Å². The minimum absolute atomic E-state index is 0.102. The first-order chi connectivity index (χ1) is 14.6. The van der Waals surface area contributed by atoms with Crippen molar-refractivity contribution in [2.45, 2.75) is 13.3 Å². The summed E-state index contributed by atoms with van der Waals surface area (Å²) < 4.78 is 5.33. The second-order valence-electron chi connectivity index (χ2n) is 6.72. The van der Waals surface area contributed by atoms with Crippen LogP contribution in [0.2, 0.25) is 0 Å². The van der Waals surface area contributed by atoms with Gasteiger partial charge in [-0.1, -0.05) is 24.3 Å². The van der Waals surface area contributed by atoms with E-state index in [1.807, 2.05) is 42.6 Å². The number of nitrogens with zero attached hydrogens (tertiary/aromatic N) is 1. The fourth-order valence-corrected chi connectivity index (χ4v) is 3.76. The zero-order valence-electron chi connectivity index (χ0n) is 16.2. The molecule has 0 bridgehead atoms. The number of carbonyl (C=O) groups excluding carboxylic acids is 2. The maximum Gasteiger partial charge on any atom is 0.257 e. The number of amides is 2. The second kappa shape index (κ2) is 8.75. The Bertz CT molecular complexity index is 1180. The number of benzene rings is 2. The highest BCUT2D eigenvalue weighted by atomic mass is 32.1. The van der Waals surface area contributed by atoms with Gasteiger partial charge in [0.1, 0.15) is 0 Å². The summed E-state index contributed by atoms with van der Waals surface area (Å²) in [6.07, 6.45) is 1.69. The molecular weight excluding hydrogens is 398 g/mol. The van der Waals surface area contributed by atoms with Gasteiger partial charge in [-0.25, -0.2) is 4.98 Å². The molecule has 0 radical (unpaired) electrons. The van der Waals surface area contributed by atoms with Crippen LogP contribution in [0.5, 0.6) is 0 Å². The zero-order valence-corrected chi connectivity index (χ0v) is 17.0. The van der Waals surface area contributed by atoms with Crippen LogP contribution >= 0.6 is 11.3 Å². The van der Waals surface area contributed by atoms with Crippen LogP contribution in [0.1, 0.15) is 21.6 Å². The fraction of sp³-hybridized carbons (Fsp3) is 0.0870. The van der Waals surface area contributed by atoms with Crippen molar-refractivity contribution in [1.82, 2.24) is 4.98 Å². The highest BCUT2D eigenvalue weighted by molar-refractivity contribution is 7.13. The molecule has 2 aromatic carbocycles. The van der Waals surface area contributed by atoms with Crippen molar-refractivity contribution in [2.24, 2.45) is 0 Å². The quantitative estimate of drug-likeness (QED) is 0.455. The number of carbonyl (C=O) groups is 2. The molecule has 0 atom stereocenters. The van der Waals surface area contributed by atoms with E-state index in [0.717, 1.165) is 10.6 Å². The highest BCUT2D eigenvalue weighted by Gasteiger charge is 2.15. The number of aromatic nitrogens is 1. The van der Waals surface area contributed by atoms with Crippen molar-refractivity contribution in [1.29, 1.82) is 0 Å². The molecule has 2 amide bonds. The summed E-state index contributed by atoms with van der Waals surface area (Å²) in [7, 11) is 0. The predicted molar refractivity (Wildman–Crippen MR) is 118 cm³/mol. The Morgan fingerprint density at radius 1 is 1.03 bits per heavy atom. The van der Waals surface area contributed by atoms with E-state index >= 15 is 0 Å². The van der Waals surface area contributed by atoms with Gasteiger partial charge in [-0.05, 0) is 48.9 Å². The van der Waals surface area contributed by atoms with Crippen LogP contribution < -0.4 is 10.6 Å². The van der Waals surface area contributed by atoms with Crippen LogP contribution in [0.4, 0.5) is 11.4 Å². The summed E-state index contributed by atoms with van der Waals surface area (Å²) in [6, 6.07) is 18.1. The van der Waals surface area contributed by atoms with Crippen LogP contribution in [-0.4, -0.2) is 16.8 Å². The standard InChI is InChI=1S/C23H19N3O3S/c1-15-6-4-7-16(12-15)24-22(28)18-8-2-3-9-19(18)26-21(27)13-17-14-30-23(25-17)20-10-5-11-29-20/h2-12,14H,13H2,1H3,(H,24,28)(H,26,27). The third-order valence-corrected chi connectivity index (χ3v) is 5.25. The van der Waals surface area contributed by atoms with Crippen LogP contribution in [0, 0.1) is 6.92 Å².